The van der Waals surface area contributed by atoms with Crippen LogP contribution in [0.3, 0.4) is 0 Å². The van der Waals surface area contributed by atoms with Gasteiger partial charge in [-0.05, 0) is 38.0 Å². The molecule has 1 saturated carbocycles. The molecule has 14 heavy (non-hydrogen) atoms. The quantitative estimate of drug-likeness (QED) is 0.732. The Hall–Kier alpha value is -0.0800. The third-order valence-electron chi connectivity index (χ3n) is 4.15. The molecule has 2 rings (SSSR count). The van der Waals surface area contributed by atoms with E-state index in [9.17, 15) is 5.11 Å². The maximum Gasteiger partial charge on any atom is 0.0897 e. The zero-order valence-corrected chi connectivity index (χ0v) is 9.50. The normalized spacial score (nSPS) is 37.9. The van der Waals surface area contributed by atoms with Gasteiger partial charge in [-0.2, -0.15) is 0 Å². The van der Waals surface area contributed by atoms with Gasteiger partial charge in [0.25, 0.3) is 0 Å². The van der Waals surface area contributed by atoms with E-state index < -0.39 is 0 Å². The van der Waals surface area contributed by atoms with Gasteiger partial charge in [-0.25, -0.2) is 0 Å². The Labute approximate surface area is 87.3 Å². The third-order valence-corrected chi connectivity index (χ3v) is 4.15. The van der Waals surface area contributed by atoms with Crippen molar-refractivity contribution in [1.82, 2.24) is 4.90 Å². The summed E-state index contributed by atoms with van der Waals surface area (Å²) in [5.74, 6) is 0.928. The number of nitrogens with zero attached hydrogens (tertiary/aromatic N) is 1. The predicted octanol–water partition coefficient (Wildman–Crippen LogP) is 2.02. The summed E-state index contributed by atoms with van der Waals surface area (Å²) >= 11 is 0. The maximum absolute atomic E-state index is 9.93. The molecular weight excluding hydrogens is 174 g/mol. The number of likely N-dealkylation sites (tertiary alicyclic amines) is 1. The summed E-state index contributed by atoms with van der Waals surface area (Å²) in [5.41, 5.74) is -0.344. The van der Waals surface area contributed by atoms with Gasteiger partial charge in [0, 0.05) is 19.1 Å². The summed E-state index contributed by atoms with van der Waals surface area (Å²) in [6.45, 7) is 6.28. The lowest BCUT2D eigenvalue weighted by molar-refractivity contribution is -0.122. The molecule has 1 saturated heterocycles. The molecule has 2 fully saturated rings. The Morgan fingerprint density at radius 2 is 1.79 bits per heavy atom. The second-order valence-electron chi connectivity index (χ2n) is 5.40. The third kappa shape index (κ3) is 1.96. The largest absolute Gasteiger partial charge is 0.387 e. The van der Waals surface area contributed by atoms with Crippen LogP contribution < -0.4 is 0 Å². The number of hydrogen-bond acceptors (Lipinski definition) is 2. The van der Waals surface area contributed by atoms with Crippen molar-refractivity contribution in [1.29, 1.82) is 0 Å². The van der Waals surface area contributed by atoms with Crippen LogP contribution >= 0.6 is 0 Å². The Morgan fingerprint density at radius 3 is 2.29 bits per heavy atom. The van der Waals surface area contributed by atoms with Gasteiger partial charge in [-0.15, -0.1) is 0 Å². The van der Waals surface area contributed by atoms with E-state index in [1.54, 1.807) is 0 Å². The molecule has 1 heterocycles. The minimum absolute atomic E-state index is 0.344. The van der Waals surface area contributed by atoms with Gasteiger partial charge in [-0.1, -0.05) is 13.8 Å². The first-order valence-corrected chi connectivity index (χ1v) is 6.09. The van der Waals surface area contributed by atoms with Crippen LogP contribution in [0.2, 0.25) is 0 Å². The molecule has 1 N–H and O–H groups in total. The van der Waals surface area contributed by atoms with Crippen molar-refractivity contribution in [2.75, 3.05) is 13.1 Å². The van der Waals surface area contributed by atoms with Crippen LogP contribution in [0.15, 0.2) is 0 Å². The maximum atomic E-state index is 9.93. The van der Waals surface area contributed by atoms with Crippen molar-refractivity contribution in [2.45, 2.75) is 57.6 Å². The number of rotatable bonds is 2. The number of β-amino-alcohol motifs (C(OH)–C–C–N with tert-alkyl or cyclic N) is 1. The predicted molar refractivity (Wildman–Crippen MR) is 58.2 cm³/mol. The Balaban J connectivity index is 1.77. The van der Waals surface area contributed by atoms with E-state index in [1.165, 1.54) is 25.7 Å². The fourth-order valence-electron chi connectivity index (χ4n) is 2.80. The summed E-state index contributed by atoms with van der Waals surface area (Å²) in [4.78, 5) is 2.48. The standard InChI is InChI=1S/C12H23NO/c1-3-12(14)8-13(9-12)11-6-4-10(2)5-7-11/h10-11,14H,3-9H2,1-2H3. The monoisotopic (exact) mass is 197 g/mol. The molecule has 2 heteroatoms. The number of aliphatic hydroxyl groups is 1. The average molecular weight is 197 g/mol. The fourth-order valence-corrected chi connectivity index (χ4v) is 2.80. The molecule has 0 radical (unpaired) electrons. The second kappa shape index (κ2) is 3.82. The van der Waals surface area contributed by atoms with Gasteiger partial charge in [0.1, 0.15) is 0 Å². The summed E-state index contributed by atoms with van der Waals surface area (Å²) in [7, 11) is 0. The molecule has 1 aliphatic heterocycles. The van der Waals surface area contributed by atoms with Crippen LogP contribution in [0.4, 0.5) is 0 Å². The van der Waals surface area contributed by atoms with Gasteiger partial charge in [0.15, 0.2) is 0 Å². The summed E-state index contributed by atoms with van der Waals surface area (Å²) in [5, 5.41) is 9.93. The van der Waals surface area contributed by atoms with Gasteiger partial charge in [-0.3, -0.25) is 4.90 Å². The highest BCUT2D eigenvalue weighted by Gasteiger charge is 2.42. The molecule has 2 nitrogen and oxygen atoms in total. The van der Waals surface area contributed by atoms with Crippen LogP contribution in [-0.2, 0) is 0 Å². The van der Waals surface area contributed by atoms with E-state index >= 15 is 0 Å². The molecule has 0 spiro atoms. The minimum Gasteiger partial charge on any atom is -0.387 e. The van der Waals surface area contributed by atoms with Gasteiger partial charge >= 0.3 is 0 Å². The molecule has 0 unspecified atom stereocenters. The molecular formula is C12H23NO. The van der Waals surface area contributed by atoms with E-state index in [1.807, 2.05) is 0 Å². The first-order valence-electron chi connectivity index (χ1n) is 6.09. The van der Waals surface area contributed by atoms with Crippen molar-refractivity contribution in [3.8, 4) is 0 Å². The van der Waals surface area contributed by atoms with Crippen LogP contribution in [0.5, 0.6) is 0 Å². The highest BCUT2D eigenvalue weighted by molar-refractivity contribution is 4.97. The lowest BCUT2D eigenvalue weighted by atomic mass is 9.82. The molecule has 0 aromatic rings. The van der Waals surface area contributed by atoms with Crippen molar-refractivity contribution in [3.63, 3.8) is 0 Å². The minimum atomic E-state index is -0.344. The van der Waals surface area contributed by atoms with Crippen LogP contribution in [0.1, 0.15) is 46.0 Å². The van der Waals surface area contributed by atoms with E-state index in [-0.39, 0.29) is 5.60 Å². The average Bonchev–Trinajstić information content (AvgIpc) is 2.15. The van der Waals surface area contributed by atoms with Crippen LogP contribution in [-0.4, -0.2) is 34.7 Å². The molecule has 1 aliphatic carbocycles. The van der Waals surface area contributed by atoms with Crippen molar-refractivity contribution in [3.05, 3.63) is 0 Å². The molecule has 82 valence electrons. The highest BCUT2D eigenvalue weighted by Crippen LogP contribution is 2.33. The number of hydrogen-bond donors (Lipinski definition) is 1. The van der Waals surface area contributed by atoms with E-state index in [4.69, 9.17) is 0 Å². The van der Waals surface area contributed by atoms with Crippen molar-refractivity contribution >= 4 is 0 Å². The van der Waals surface area contributed by atoms with Gasteiger partial charge in [0.05, 0.1) is 5.60 Å². The van der Waals surface area contributed by atoms with E-state index in [0.29, 0.717) is 0 Å². The molecule has 2 aliphatic rings. The van der Waals surface area contributed by atoms with Gasteiger partial charge in [0.2, 0.25) is 0 Å². The summed E-state index contributed by atoms with van der Waals surface area (Å²) in [6, 6.07) is 0.776. The Kier molecular flexibility index (Phi) is 2.85. The molecule has 0 amide bonds. The van der Waals surface area contributed by atoms with Gasteiger partial charge < -0.3 is 5.11 Å². The molecule has 0 atom stereocenters. The molecule has 0 aromatic carbocycles. The molecule has 0 aromatic heterocycles. The zero-order valence-electron chi connectivity index (χ0n) is 9.50. The second-order valence-corrected chi connectivity index (χ2v) is 5.40. The topological polar surface area (TPSA) is 23.5 Å². The highest BCUT2D eigenvalue weighted by atomic mass is 16.3. The Bertz CT molecular complexity index is 190. The summed E-state index contributed by atoms with van der Waals surface area (Å²) in [6.07, 6.45) is 6.37. The fraction of sp³-hybridized carbons (Fsp3) is 1.00. The smallest absolute Gasteiger partial charge is 0.0897 e. The first-order chi connectivity index (χ1) is 6.63. The lowest BCUT2D eigenvalue weighted by Crippen LogP contribution is -2.64. The zero-order chi connectivity index (χ0) is 10.2. The molecule has 0 bridgehead atoms. The van der Waals surface area contributed by atoms with Crippen LogP contribution in [0, 0.1) is 5.92 Å². The van der Waals surface area contributed by atoms with Crippen molar-refractivity contribution < 1.29 is 5.11 Å². The van der Waals surface area contributed by atoms with Crippen molar-refractivity contribution in [2.24, 2.45) is 5.92 Å². The first kappa shape index (κ1) is 10.4. The lowest BCUT2D eigenvalue weighted by Gasteiger charge is -2.51. The summed E-state index contributed by atoms with van der Waals surface area (Å²) < 4.78 is 0. The van der Waals surface area contributed by atoms with Crippen LogP contribution in [0.25, 0.3) is 0 Å². The SMILES string of the molecule is CCC1(O)CN(C2CCC(C)CC2)C1. The van der Waals surface area contributed by atoms with E-state index in [0.717, 1.165) is 31.5 Å². The van der Waals surface area contributed by atoms with E-state index in [2.05, 4.69) is 18.7 Å². The Morgan fingerprint density at radius 1 is 1.21 bits per heavy atom.